The van der Waals surface area contributed by atoms with Crippen molar-refractivity contribution in [2.75, 3.05) is 6.54 Å². The molecule has 1 saturated heterocycles. The van der Waals surface area contributed by atoms with Crippen LogP contribution in [0.1, 0.15) is 151 Å². The number of fused-ring (bicyclic) bond motifs is 7. The van der Waals surface area contributed by atoms with Crippen LogP contribution in [0, 0.1) is 73.9 Å². The molecule has 0 radical (unpaired) electrons. The molecule has 2 heterocycles. The fourth-order valence-corrected chi connectivity index (χ4v) is 16.5. The van der Waals surface area contributed by atoms with Gasteiger partial charge >= 0.3 is 11.9 Å². The highest BCUT2D eigenvalue weighted by molar-refractivity contribution is 5.85. The second-order valence-corrected chi connectivity index (χ2v) is 23.0. The summed E-state index contributed by atoms with van der Waals surface area (Å²) in [5, 5.41) is 19.6. The fourth-order valence-electron chi connectivity index (χ4n) is 16.5. The van der Waals surface area contributed by atoms with Gasteiger partial charge in [-0.2, -0.15) is 0 Å². The number of esters is 1. The third-order valence-electron chi connectivity index (χ3n) is 20.1. The summed E-state index contributed by atoms with van der Waals surface area (Å²) in [5.74, 6) is 1.55. The maximum Gasteiger partial charge on any atom is 0.309 e. The number of nitrogens with zero attached hydrogens (tertiary/aromatic N) is 2. The number of H-pyrrole nitrogens is 1. The highest BCUT2D eigenvalue weighted by atomic mass is 16.5. The highest BCUT2D eigenvalue weighted by Crippen LogP contribution is 2.78. The Morgan fingerprint density at radius 1 is 0.833 bits per heavy atom. The second kappa shape index (κ2) is 13.9. The Morgan fingerprint density at radius 3 is 2.25 bits per heavy atom. The lowest BCUT2D eigenvalue weighted by Gasteiger charge is -2.73. The van der Waals surface area contributed by atoms with E-state index >= 15 is 4.79 Å². The van der Waals surface area contributed by atoms with Gasteiger partial charge in [-0.3, -0.25) is 14.4 Å². The van der Waals surface area contributed by atoms with Crippen LogP contribution in [0.15, 0.2) is 42.6 Å². The fraction of sp³-hybridized carbons (Fsp3) is 0.725. The number of aromatic nitrogens is 2. The van der Waals surface area contributed by atoms with Crippen molar-refractivity contribution in [1.29, 1.82) is 0 Å². The zero-order valence-electron chi connectivity index (χ0n) is 37.6. The maximum absolute atomic E-state index is 15.5. The van der Waals surface area contributed by atoms with E-state index < -0.39 is 22.7 Å². The average Bonchev–Trinajstić information content (AvgIpc) is 3.95. The van der Waals surface area contributed by atoms with Gasteiger partial charge < -0.3 is 24.8 Å². The number of phenolic OH excluding ortho intramolecular Hbond substituents is 1. The number of carboxylic acid groups (broad SMARTS) is 1. The molecule has 6 saturated carbocycles. The number of carboxylic acids is 1. The van der Waals surface area contributed by atoms with E-state index in [9.17, 15) is 19.8 Å². The summed E-state index contributed by atoms with van der Waals surface area (Å²) in [6, 6.07) is 7.10. The van der Waals surface area contributed by atoms with E-state index in [4.69, 9.17) is 9.72 Å². The summed E-state index contributed by atoms with van der Waals surface area (Å²) in [5.41, 5.74) is 2.23. The van der Waals surface area contributed by atoms with Crippen molar-refractivity contribution < 1.29 is 29.3 Å². The smallest absolute Gasteiger partial charge is 0.309 e. The van der Waals surface area contributed by atoms with Crippen LogP contribution in [0.25, 0.3) is 11.3 Å². The number of imidazole rings is 1. The zero-order valence-corrected chi connectivity index (χ0v) is 37.6. The molecule has 1 amide bonds. The lowest BCUT2D eigenvalue weighted by Crippen LogP contribution is -2.67. The van der Waals surface area contributed by atoms with Crippen molar-refractivity contribution in [2.24, 2.45) is 73.9 Å². The molecule has 9 rings (SSSR count). The van der Waals surface area contributed by atoms with Crippen LogP contribution in [0.3, 0.4) is 0 Å². The van der Waals surface area contributed by atoms with E-state index in [-0.39, 0.29) is 57.4 Å². The molecule has 1 aliphatic heterocycles. The molecule has 6 aliphatic carbocycles. The molecular formula is C51H71N3O6. The summed E-state index contributed by atoms with van der Waals surface area (Å²) in [6.07, 6.45) is 14.3. The first kappa shape index (κ1) is 41.7. The molecule has 1 aromatic heterocycles. The number of carbonyl (C=O) groups is 3. The van der Waals surface area contributed by atoms with Crippen molar-refractivity contribution in [3.05, 3.63) is 48.4 Å². The minimum absolute atomic E-state index is 0.0707. The van der Waals surface area contributed by atoms with E-state index in [0.717, 1.165) is 94.3 Å². The lowest BCUT2D eigenvalue weighted by atomic mass is 9.32. The average molecular weight is 822 g/mol. The van der Waals surface area contributed by atoms with Crippen molar-refractivity contribution in [1.82, 2.24) is 14.9 Å². The number of likely N-dealkylation sites (tertiary alicyclic amines) is 1. The van der Waals surface area contributed by atoms with Crippen molar-refractivity contribution in [2.45, 2.75) is 151 Å². The number of hydrogen-bond acceptors (Lipinski definition) is 6. The Morgan fingerprint density at radius 2 is 1.57 bits per heavy atom. The number of ether oxygens (including phenoxy) is 1. The minimum Gasteiger partial charge on any atom is -0.508 e. The molecule has 7 fully saturated rings. The third kappa shape index (κ3) is 5.73. The Hall–Kier alpha value is -3.62. The van der Waals surface area contributed by atoms with Crippen molar-refractivity contribution in [3.63, 3.8) is 0 Å². The van der Waals surface area contributed by atoms with E-state index in [2.05, 4.69) is 58.0 Å². The van der Waals surface area contributed by atoms with E-state index in [1.54, 1.807) is 12.1 Å². The summed E-state index contributed by atoms with van der Waals surface area (Å²) in [7, 11) is 0. The molecule has 0 bridgehead atoms. The number of aromatic hydroxyl groups is 1. The number of amides is 1. The number of benzene rings is 1. The van der Waals surface area contributed by atoms with Gasteiger partial charge in [0.15, 0.2) is 0 Å². The van der Waals surface area contributed by atoms with Gasteiger partial charge in [0.1, 0.15) is 17.7 Å². The quantitative estimate of drug-likeness (QED) is 0.187. The number of phenols is 1. The number of aliphatic carboxylic acids is 1. The van der Waals surface area contributed by atoms with Crippen molar-refractivity contribution in [3.8, 4) is 17.0 Å². The third-order valence-corrected chi connectivity index (χ3v) is 20.1. The minimum atomic E-state index is -0.822. The maximum atomic E-state index is 15.5. The molecule has 1 aromatic carbocycles. The number of carbonyl (C=O) groups excluding carboxylic acids is 2. The lowest BCUT2D eigenvalue weighted by molar-refractivity contribution is -0.251. The molecule has 9 heteroatoms. The van der Waals surface area contributed by atoms with E-state index in [0.29, 0.717) is 36.0 Å². The van der Waals surface area contributed by atoms with E-state index in [1.807, 2.05) is 32.2 Å². The van der Waals surface area contributed by atoms with Gasteiger partial charge in [-0.1, -0.05) is 60.6 Å². The number of aromatic amines is 1. The standard InChI is InChI=1S/C51H71N3O6/c1-29(2)32-18-23-51(45(59)54-26-10-11-37(54)42-52-28-36(53-42)30-12-14-31(55)15-13-30)25-24-49(8)33(41(32)51)16-17-39-48(7)21-20-40(47(5,6)38(48)19-22-50(39,49)9)60-44(58)35-27-34(43(56)57)46(35,3)4/h12-15,28,32-35,37-41,55H,1,10-11,16-27H2,2-9H3,(H,52,53)(H,56,57)/t32-,33+,34?,35?,37-,38-,39+,40-,41+,48-,49+,50+,51-/m0/s1. The van der Waals surface area contributed by atoms with Crippen LogP contribution >= 0.6 is 0 Å². The van der Waals surface area contributed by atoms with Gasteiger partial charge in [0.25, 0.3) is 0 Å². The molecule has 7 aliphatic rings. The predicted molar refractivity (Wildman–Crippen MR) is 231 cm³/mol. The molecule has 2 aromatic rings. The van der Waals surface area contributed by atoms with Crippen LogP contribution in [0.4, 0.5) is 0 Å². The van der Waals surface area contributed by atoms with E-state index in [1.165, 1.54) is 12.0 Å². The number of hydrogen-bond donors (Lipinski definition) is 3. The van der Waals surface area contributed by atoms with Gasteiger partial charge in [0.05, 0.1) is 35.2 Å². The molecule has 9 nitrogen and oxygen atoms in total. The van der Waals surface area contributed by atoms with Gasteiger partial charge in [-0.15, -0.1) is 0 Å². The van der Waals surface area contributed by atoms with Crippen LogP contribution in [0.5, 0.6) is 5.75 Å². The van der Waals surface area contributed by atoms with Crippen LogP contribution in [-0.4, -0.2) is 55.6 Å². The number of rotatable bonds is 7. The first-order valence-corrected chi connectivity index (χ1v) is 23.4. The largest absolute Gasteiger partial charge is 0.508 e. The first-order chi connectivity index (χ1) is 28.2. The molecule has 3 N–H and O–H groups in total. The molecule has 13 atom stereocenters. The topological polar surface area (TPSA) is 133 Å². The van der Waals surface area contributed by atoms with Crippen LogP contribution in [-0.2, 0) is 19.1 Å². The number of nitrogens with one attached hydrogen (secondary N) is 1. The Kier molecular flexibility index (Phi) is 9.69. The monoisotopic (exact) mass is 822 g/mol. The highest BCUT2D eigenvalue weighted by Gasteiger charge is 2.72. The van der Waals surface area contributed by atoms with Crippen LogP contribution in [0.2, 0.25) is 0 Å². The molecule has 60 heavy (non-hydrogen) atoms. The Balaban J connectivity index is 0.965. The predicted octanol–water partition coefficient (Wildman–Crippen LogP) is 10.8. The van der Waals surface area contributed by atoms with Crippen LogP contribution < -0.4 is 0 Å². The summed E-state index contributed by atoms with van der Waals surface area (Å²) < 4.78 is 6.46. The first-order valence-electron chi connectivity index (χ1n) is 23.4. The van der Waals surface area contributed by atoms with Crippen molar-refractivity contribution >= 4 is 17.8 Å². The SMILES string of the molecule is C=C(C)[C@@H]1CC[C@]2(C(=O)N3CCC[C@H]3c3ncc(-c4ccc(O)cc4)[nH]3)CC[C@]3(C)[C@H](CC[C@@H]4[C@@]5(C)CC[C@H](OC(=O)C6CC(C(=O)O)C6(C)C)C(C)(C)[C@@H]5CC[C@]43C)[C@@H]12. The molecule has 326 valence electrons. The summed E-state index contributed by atoms with van der Waals surface area (Å²) in [4.78, 5) is 51.7. The van der Waals surface area contributed by atoms with Gasteiger partial charge in [-0.25, -0.2) is 4.98 Å². The molecule has 2 unspecified atom stereocenters. The van der Waals surface area contributed by atoms with Gasteiger partial charge in [0.2, 0.25) is 5.91 Å². The summed E-state index contributed by atoms with van der Waals surface area (Å²) in [6.45, 7) is 23.9. The van der Waals surface area contributed by atoms with Gasteiger partial charge in [-0.05, 0) is 171 Å². The van der Waals surface area contributed by atoms with Gasteiger partial charge in [0, 0.05) is 12.0 Å². The number of allylic oxidation sites excluding steroid dienone is 1. The normalized spacial score (nSPS) is 42.5. The Bertz CT molecular complexity index is 2070. The molecule has 0 spiro atoms. The molecular weight excluding hydrogens is 751 g/mol. The second-order valence-electron chi connectivity index (χ2n) is 23.0. The zero-order chi connectivity index (χ0) is 42.9. The Labute approximate surface area is 357 Å². The summed E-state index contributed by atoms with van der Waals surface area (Å²) >= 11 is 0.